The van der Waals surface area contributed by atoms with Gasteiger partial charge in [0.2, 0.25) is 6.79 Å². The number of aliphatic carboxylic acids is 1. The minimum Gasteiger partial charge on any atom is -0.480 e. The lowest BCUT2D eigenvalue weighted by atomic mass is 10.1. The van der Waals surface area contributed by atoms with Crippen LogP contribution in [-0.2, 0) is 11.3 Å². The number of carboxylic acids is 1. The number of ether oxygens (including phenoxy) is 2. The van der Waals surface area contributed by atoms with Gasteiger partial charge in [0, 0.05) is 37.3 Å². The summed E-state index contributed by atoms with van der Waals surface area (Å²) in [5, 5.41) is 9.86. The van der Waals surface area contributed by atoms with Crippen LogP contribution in [0.2, 0.25) is 5.02 Å². The van der Waals surface area contributed by atoms with Crippen LogP contribution in [0.1, 0.15) is 5.56 Å². The third-order valence-electron chi connectivity index (χ3n) is 3.95. The highest BCUT2D eigenvalue weighted by atomic mass is 35.5. The van der Waals surface area contributed by atoms with Crippen LogP contribution in [0.3, 0.4) is 0 Å². The summed E-state index contributed by atoms with van der Waals surface area (Å²) in [6.07, 6.45) is 0. The molecule has 1 aromatic carbocycles. The van der Waals surface area contributed by atoms with Gasteiger partial charge in [0.1, 0.15) is 6.04 Å². The topological polar surface area (TPSA) is 62.2 Å². The second-order valence-corrected chi connectivity index (χ2v) is 5.77. The average molecular weight is 313 g/mol. The molecule has 2 heterocycles. The predicted octanol–water partition coefficient (Wildman–Crippen LogP) is 1.27. The van der Waals surface area contributed by atoms with Crippen LogP contribution in [0.4, 0.5) is 0 Å². The molecule has 3 rings (SSSR count). The lowest BCUT2D eigenvalue weighted by molar-refractivity contribution is -0.145. The fourth-order valence-electron chi connectivity index (χ4n) is 2.66. The third kappa shape index (κ3) is 2.92. The average Bonchev–Trinajstić information content (AvgIpc) is 2.88. The molecular formula is C14H17ClN2O4. The first-order valence-corrected chi connectivity index (χ1v) is 7.16. The Morgan fingerprint density at radius 1 is 1.38 bits per heavy atom. The molecule has 0 bridgehead atoms. The van der Waals surface area contributed by atoms with Crippen LogP contribution in [-0.4, -0.2) is 60.4 Å². The number of piperazine rings is 1. The van der Waals surface area contributed by atoms with Gasteiger partial charge in [-0.2, -0.15) is 0 Å². The largest absolute Gasteiger partial charge is 0.480 e. The number of benzene rings is 1. The van der Waals surface area contributed by atoms with Gasteiger partial charge in [-0.1, -0.05) is 11.6 Å². The van der Waals surface area contributed by atoms with E-state index in [1.54, 1.807) is 6.07 Å². The maximum Gasteiger partial charge on any atom is 0.322 e. The smallest absolute Gasteiger partial charge is 0.322 e. The Morgan fingerprint density at radius 2 is 2.10 bits per heavy atom. The molecule has 0 radical (unpaired) electrons. The number of carbonyl (C=O) groups is 1. The molecule has 0 aromatic heterocycles. The summed E-state index contributed by atoms with van der Waals surface area (Å²) >= 11 is 6.27. The van der Waals surface area contributed by atoms with Gasteiger partial charge in [-0.25, -0.2) is 0 Å². The molecule has 0 amide bonds. The number of hydrogen-bond acceptors (Lipinski definition) is 5. The van der Waals surface area contributed by atoms with E-state index in [0.717, 1.165) is 18.7 Å². The Balaban J connectivity index is 1.73. The fraction of sp³-hybridized carbons (Fsp3) is 0.500. The van der Waals surface area contributed by atoms with E-state index < -0.39 is 12.0 Å². The third-order valence-corrected chi connectivity index (χ3v) is 4.30. The van der Waals surface area contributed by atoms with E-state index in [-0.39, 0.29) is 6.79 Å². The standard InChI is InChI=1S/C14H17ClN2O4/c1-16-2-3-17(7-11(16)14(18)19)6-9-4-12-13(5-10(9)15)21-8-20-12/h4-5,11H,2-3,6-8H2,1H3,(H,18,19). The number of fused-ring (bicyclic) bond motifs is 1. The first kappa shape index (κ1) is 14.4. The van der Waals surface area contributed by atoms with Gasteiger partial charge in [-0.3, -0.25) is 14.6 Å². The van der Waals surface area contributed by atoms with E-state index in [9.17, 15) is 9.90 Å². The summed E-state index contributed by atoms with van der Waals surface area (Å²) in [6.45, 7) is 2.83. The van der Waals surface area contributed by atoms with Crippen molar-refractivity contribution in [2.24, 2.45) is 0 Å². The highest BCUT2D eigenvalue weighted by molar-refractivity contribution is 6.31. The van der Waals surface area contributed by atoms with Crippen LogP contribution in [0, 0.1) is 0 Å². The summed E-state index contributed by atoms with van der Waals surface area (Å²) in [4.78, 5) is 15.2. The molecule has 7 heteroatoms. The van der Waals surface area contributed by atoms with Crippen LogP contribution >= 0.6 is 11.6 Å². The molecule has 2 aliphatic heterocycles. The predicted molar refractivity (Wildman–Crippen MR) is 76.9 cm³/mol. The van der Waals surface area contributed by atoms with Crippen molar-refractivity contribution in [3.63, 3.8) is 0 Å². The van der Waals surface area contributed by atoms with Gasteiger partial charge in [-0.05, 0) is 18.7 Å². The van der Waals surface area contributed by atoms with Crippen molar-refractivity contribution in [3.8, 4) is 11.5 Å². The summed E-state index contributed by atoms with van der Waals surface area (Å²) < 4.78 is 10.6. The Hall–Kier alpha value is -1.50. The molecule has 1 saturated heterocycles. The molecule has 1 unspecified atom stereocenters. The number of halogens is 1. The van der Waals surface area contributed by atoms with Gasteiger partial charge < -0.3 is 14.6 Å². The lowest BCUT2D eigenvalue weighted by Crippen LogP contribution is -2.54. The van der Waals surface area contributed by atoms with E-state index in [1.165, 1.54) is 0 Å². The van der Waals surface area contributed by atoms with Gasteiger partial charge in [0.15, 0.2) is 11.5 Å². The van der Waals surface area contributed by atoms with Crippen LogP contribution in [0.15, 0.2) is 12.1 Å². The summed E-state index contributed by atoms with van der Waals surface area (Å²) in [5.41, 5.74) is 0.926. The van der Waals surface area contributed by atoms with Gasteiger partial charge >= 0.3 is 5.97 Å². The molecule has 0 saturated carbocycles. The monoisotopic (exact) mass is 312 g/mol. The number of hydrogen-bond donors (Lipinski definition) is 1. The maximum absolute atomic E-state index is 11.3. The van der Waals surface area contributed by atoms with E-state index in [0.29, 0.717) is 29.6 Å². The molecular weight excluding hydrogens is 296 g/mol. The highest BCUT2D eigenvalue weighted by Gasteiger charge is 2.30. The molecule has 1 aromatic rings. The van der Waals surface area contributed by atoms with Crippen molar-refractivity contribution < 1.29 is 19.4 Å². The maximum atomic E-state index is 11.3. The molecule has 1 fully saturated rings. The van der Waals surface area contributed by atoms with Crippen molar-refractivity contribution in [2.75, 3.05) is 33.5 Å². The molecule has 21 heavy (non-hydrogen) atoms. The Kier molecular flexibility index (Phi) is 3.93. The zero-order chi connectivity index (χ0) is 15.0. The minimum atomic E-state index is -0.793. The highest BCUT2D eigenvalue weighted by Crippen LogP contribution is 2.37. The number of carboxylic acid groups (broad SMARTS) is 1. The van der Waals surface area contributed by atoms with Gasteiger partial charge in [-0.15, -0.1) is 0 Å². The minimum absolute atomic E-state index is 0.213. The molecule has 0 aliphatic carbocycles. The number of likely N-dealkylation sites (N-methyl/N-ethyl adjacent to an activating group) is 1. The fourth-order valence-corrected chi connectivity index (χ4v) is 2.88. The summed E-state index contributed by atoms with van der Waals surface area (Å²) in [5.74, 6) is 0.558. The van der Waals surface area contributed by atoms with Crippen molar-refractivity contribution in [1.82, 2.24) is 9.80 Å². The molecule has 1 atom stereocenters. The SMILES string of the molecule is CN1CCN(Cc2cc3c(cc2Cl)OCO3)CC1C(=O)O. The molecule has 6 nitrogen and oxygen atoms in total. The zero-order valence-electron chi connectivity index (χ0n) is 11.7. The van der Waals surface area contributed by atoms with Crippen molar-refractivity contribution in [2.45, 2.75) is 12.6 Å². The molecule has 1 N–H and O–H groups in total. The first-order valence-electron chi connectivity index (χ1n) is 6.78. The van der Waals surface area contributed by atoms with Crippen LogP contribution in [0.25, 0.3) is 0 Å². The lowest BCUT2D eigenvalue weighted by Gasteiger charge is -2.37. The second kappa shape index (κ2) is 5.71. The van der Waals surface area contributed by atoms with E-state index in [2.05, 4.69) is 4.90 Å². The Labute approximate surface area is 127 Å². The second-order valence-electron chi connectivity index (χ2n) is 5.37. The van der Waals surface area contributed by atoms with Crippen LogP contribution in [0.5, 0.6) is 11.5 Å². The Bertz CT molecular complexity index is 566. The van der Waals surface area contributed by atoms with E-state index in [4.69, 9.17) is 21.1 Å². The molecule has 0 spiro atoms. The summed E-state index contributed by atoms with van der Waals surface area (Å²) in [6, 6.07) is 3.15. The molecule has 114 valence electrons. The van der Waals surface area contributed by atoms with Gasteiger partial charge in [0.25, 0.3) is 0 Å². The quantitative estimate of drug-likeness (QED) is 0.907. The first-order chi connectivity index (χ1) is 10.0. The summed E-state index contributed by atoms with van der Waals surface area (Å²) in [7, 11) is 1.84. The van der Waals surface area contributed by atoms with E-state index in [1.807, 2.05) is 18.0 Å². The number of nitrogens with zero attached hydrogens (tertiary/aromatic N) is 2. The van der Waals surface area contributed by atoms with Crippen LogP contribution < -0.4 is 9.47 Å². The van der Waals surface area contributed by atoms with E-state index >= 15 is 0 Å². The normalized spacial score (nSPS) is 22.5. The van der Waals surface area contributed by atoms with Crippen molar-refractivity contribution in [3.05, 3.63) is 22.7 Å². The van der Waals surface area contributed by atoms with Crippen molar-refractivity contribution >= 4 is 17.6 Å². The van der Waals surface area contributed by atoms with Crippen molar-refractivity contribution in [1.29, 1.82) is 0 Å². The number of rotatable bonds is 3. The Morgan fingerprint density at radius 3 is 2.81 bits per heavy atom. The molecule has 2 aliphatic rings. The van der Waals surface area contributed by atoms with Gasteiger partial charge in [0.05, 0.1) is 0 Å². The zero-order valence-corrected chi connectivity index (χ0v) is 12.5.